The Morgan fingerprint density at radius 1 is 1.12 bits per heavy atom. The molecule has 0 heterocycles. The van der Waals surface area contributed by atoms with E-state index in [1.54, 1.807) is 0 Å². The second kappa shape index (κ2) is 8.02. The first kappa shape index (κ1) is 14.8. The Kier molecular flexibility index (Phi) is 7.42. The summed E-state index contributed by atoms with van der Waals surface area (Å²) in [6.45, 7) is 3.00. The lowest BCUT2D eigenvalue weighted by molar-refractivity contribution is -0.140. The van der Waals surface area contributed by atoms with Gasteiger partial charge in [0.2, 0.25) is 0 Å². The van der Waals surface area contributed by atoms with Crippen LogP contribution in [0.25, 0.3) is 0 Å². The Morgan fingerprint density at radius 2 is 1.75 bits per heavy atom. The molecule has 0 aliphatic rings. The highest BCUT2D eigenvalue weighted by Gasteiger charge is 2.15. The van der Waals surface area contributed by atoms with E-state index >= 15 is 0 Å². The molecule has 4 heteroatoms. The summed E-state index contributed by atoms with van der Waals surface area (Å²) in [6.07, 6.45) is 2.83. The Morgan fingerprint density at radius 3 is 2.19 bits per heavy atom. The van der Waals surface area contributed by atoms with Crippen LogP contribution in [-0.2, 0) is 19.1 Å². The number of unbranched alkanes of at least 4 members (excludes halogenated alkanes) is 1. The molecule has 0 amide bonds. The zero-order valence-electron chi connectivity index (χ0n) is 10.2. The summed E-state index contributed by atoms with van der Waals surface area (Å²) in [5, 5.41) is 0. The van der Waals surface area contributed by atoms with Gasteiger partial charge >= 0.3 is 5.97 Å². The number of hydrogen-bond acceptors (Lipinski definition) is 4. The third kappa shape index (κ3) is 7.15. The maximum atomic E-state index is 11.2. The molecular formula is C12H20O4. The van der Waals surface area contributed by atoms with Crippen molar-refractivity contribution in [3.05, 3.63) is 0 Å². The van der Waals surface area contributed by atoms with Crippen LogP contribution < -0.4 is 0 Å². The van der Waals surface area contributed by atoms with Crippen LogP contribution in [0.15, 0.2) is 0 Å². The lowest BCUT2D eigenvalue weighted by atomic mass is 9.93. The van der Waals surface area contributed by atoms with Gasteiger partial charge in [0.15, 0.2) is 0 Å². The molecule has 0 saturated carbocycles. The largest absolute Gasteiger partial charge is 0.469 e. The third-order valence-electron chi connectivity index (χ3n) is 2.52. The fourth-order valence-corrected chi connectivity index (χ4v) is 1.56. The summed E-state index contributed by atoms with van der Waals surface area (Å²) in [7, 11) is 1.36. The zero-order chi connectivity index (χ0) is 12.6. The number of methoxy groups -OCH3 is 1. The van der Waals surface area contributed by atoms with E-state index in [4.69, 9.17) is 0 Å². The maximum Gasteiger partial charge on any atom is 0.305 e. The molecule has 0 aromatic heterocycles. The Labute approximate surface area is 96.4 Å². The minimum absolute atomic E-state index is 0.0353. The van der Waals surface area contributed by atoms with E-state index in [-0.39, 0.29) is 23.5 Å². The molecule has 0 bridgehead atoms. The topological polar surface area (TPSA) is 60.4 Å². The molecule has 4 nitrogen and oxygen atoms in total. The SMILES string of the molecule is COC(=O)CCCCC(CC(C)=O)C(C)=O. The van der Waals surface area contributed by atoms with Crippen LogP contribution in [0.2, 0.25) is 0 Å². The minimum atomic E-state index is -0.231. The van der Waals surface area contributed by atoms with Crippen molar-refractivity contribution < 1.29 is 19.1 Å². The van der Waals surface area contributed by atoms with Crippen molar-refractivity contribution in [2.75, 3.05) is 7.11 Å². The molecule has 1 atom stereocenters. The van der Waals surface area contributed by atoms with Crippen LogP contribution in [-0.4, -0.2) is 24.6 Å². The second-order valence-corrected chi connectivity index (χ2v) is 4.04. The standard InChI is InChI=1S/C12H20O4/c1-9(13)8-11(10(2)14)6-4-5-7-12(15)16-3/h11H,4-8H2,1-3H3. The Balaban J connectivity index is 3.81. The molecule has 0 rings (SSSR count). The van der Waals surface area contributed by atoms with Gasteiger partial charge < -0.3 is 9.53 Å². The second-order valence-electron chi connectivity index (χ2n) is 4.04. The highest BCUT2D eigenvalue weighted by atomic mass is 16.5. The first-order chi connectivity index (χ1) is 7.47. The van der Waals surface area contributed by atoms with Gasteiger partial charge in [-0.15, -0.1) is 0 Å². The van der Waals surface area contributed by atoms with Crippen molar-refractivity contribution in [1.29, 1.82) is 0 Å². The number of Topliss-reactive ketones (excluding diaryl/α,β-unsaturated/α-hetero) is 2. The zero-order valence-corrected chi connectivity index (χ0v) is 10.2. The summed E-state index contributed by atoms with van der Waals surface area (Å²) in [4.78, 5) is 33.0. The number of ketones is 2. The summed E-state index contributed by atoms with van der Waals surface area (Å²) >= 11 is 0. The van der Waals surface area contributed by atoms with Crippen molar-refractivity contribution >= 4 is 17.5 Å². The lowest BCUT2D eigenvalue weighted by Gasteiger charge is -2.11. The molecule has 0 N–H and O–H groups in total. The van der Waals surface area contributed by atoms with Crippen LogP contribution in [0.5, 0.6) is 0 Å². The van der Waals surface area contributed by atoms with Gasteiger partial charge in [-0.05, 0) is 26.7 Å². The van der Waals surface area contributed by atoms with Gasteiger partial charge in [-0.25, -0.2) is 0 Å². The van der Waals surface area contributed by atoms with Crippen molar-refractivity contribution in [2.45, 2.75) is 46.0 Å². The molecule has 0 saturated heterocycles. The Hall–Kier alpha value is -1.19. The average Bonchev–Trinajstić information content (AvgIpc) is 2.21. The number of hydrogen-bond donors (Lipinski definition) is 0. The van der Waals surface area contributed by atoms with E-state index in [0.717, 1.165) is 6.42 Å². The van der Waals surface area contributed by atoms with Gasteiger partial charge in [0.1, 0.15) is 11.6 Å². The van der Waals surface area contributed by atoms with Crippen molar-refractivity contribution in [3.8, 4) is 0 Å². The maximum absolute atomic E-state index is 11.2. The highest BCUT2D eigenvalue weighted by molar-refractivity contribution is 5.85. The molecule has 92 valence electrons. The van der Waals surface area contributed by atoms with Gasteiger partial charge in [0, 0.05) is 18.8 Å². The van der Waals surface area contributed by atoms with Crippen LogP contribution in [0.3, 0.4) is 0 Å². The van der Waals surface area contributed by atoms with Crippen LogP contribution in [0.4, 0.5) is 0 Å². The molecule has 0 aliphatic carbocycles. The minimum Gasteiger partial charge on any atom is -0.469 e. The van der Waals surface area contributed by atoms with Crippen LogP contribution >= 0.6 is 0 Å². The molecule has 0 aromatic rings. The molecule has 0 radical (unpaired) electrons. The number of ether oxygens (including phenoxy) is 1. The summed E-state index contributed by atoms with van der Waals surface area (Å²) in [5.41, 5.74) is 0. The van der Waals surface area contributed by atoms with E-state index < -0.39 is 0 Å². The number of rotatable bonds is 8. The van der Waals surface area contributed by atoms with Gasteiger partial charge in [0.05, 0.1) is 7.11 Å². The van der Waals surface area contributed by atoms with E-state index in [0.29, 0.717) is 25.7 Å². The number of carbonyl (C=O) groups is 3. The first-order valence-electron chi connectivity index (χ1n) is 5.54. The quantitative estimate of drug-likeness (QED) is 0.470. The molecule has 1 unspecified atom stereocenters. The van der Waals surface area contributed by atoms with Crippen molar-refractivity contribution in [2.24, 2.45) is 5.92 Å². The molecule has 16 heavy (non-hydrogen) atoms. The van der Waals surface area contributed by atoms with Gasteiger partial charge in [-0.2, -0.15) is 0 Å². The first-order valence-corrected chi connectivity index (χ1v) is 5.54. The van der Waals surface area contributed by atoms with Gasteiger partial charge in [-0.1, -0.05) is 6.42 Å². The fraction of sp³-hybridized carbons (Fsp3) is 0.750. The Bertz CT molecular complexity index is 258. The molecular weight excluding hydrogens is 208 g/mol. The van der Waals surface area contributed by atoms with E-state index in [1.807, 2.05) is 0 Å². The predicted octanol–water partition coefficient (Wildman–Crippen LogP) is 1.90. The average molecular weight is 228 g/mol. The van der Waals surface area contributed by atoms with Crippen LogP contribution in [0.1, 0.15) is 46.0 Å². The highest BCUT2D eigenvalue weighted by Crippen LogP contribution is 2.15. The third-order valence-corrected chi connectivity index (χ3v) is 2.52. The lowest BCUT2D eigenvalue weighted by Crippen LogP contribution is -2.14. The molecule has 0 spiro atoms. The van der Waals surface area contributed by atoms with Crippen molar-refractivity contribution in [1.82, 2.24) is 0 Å². The monoisotopic (exact) mass is 228 g/mol. The summed E-state index contributed by atoms with van der Waals surface area (Å²) in [5.74, 6) is -0.331. The van der Waals surface area contributed by atoms with Crippen LogP contribution in [0, 0.1) is 5.92 Å². The predicted molar refractivity (Wildman–Crippen MR) is 60.0 cm³/mol. The molecule has 0 fully saturated rings. The van der Waals surface area contributed by atoms with Gasteiger partial charge in [0.25, 0.3) is 0 Å². The smallest absolute Gasteiger partial charge is 0.305 e. The summed E-state index contributed by atoms with van der Waals surface area (Å²) < 4.78 is 4.51. The number of esters is 1. The fourth-order valence-electron chi connectivity index (χ4n) is 1.56. The molecule has 0 aromatic carbocycles. The summed E-state index contributed by atoms with van der Waals surface area (Å²) in [6, 6.07) is 0. The number of carbonyl (C=O) groups excluding carboxylic acids is 3. The van der Waals surface area contributed by atoms with E-state index in [2.05, 4.69) is 4.74 Å². The molecule has 0 aliphatic heterocycles. The van der Waals surface area contributed by atoms with E-state index in [9.17, 15) is 14.4 Å². The normalized spacial score (nSPS) is 11.9. The van der Waals surface area contributed by atoms with Crippen molar-refractivity contribution in [3.63, 3.8) is 0 Å². The van der Waals surface area contributed by atoms with E-state index in [1.165, 1.54) is 21.0 Å². The van der Waals surface area contributed by atoms with Gasteiger partial charge in [-0.3, -0.25) is 9.59 Å².